The number of nitrogens with zero attached hydrogens (tertiary/aromatic N) is 1. The van der Waals surface area contributed by atoms with Gasteiger partial charge in [0.25, 0.3) is 0 Å². The van der Waals surface area contributed by atoms with Crippen LogP contribution in [0.4, 0.5) is 0 Å². The Kier molecular flexibility index (Phi) is 5.68. The summed E-state index contributed by atoms with van der Waals surface area (Å²) in [5, 5.41) is 3.24. The first-order valence-corrected chi connectivity index (χ1v) is 7.42. The maximum atomic E-state index is 12.0. The first kappa shape index (κ1) is 13.9. The molecule has 0 aliphatic carbocycles. The topological polar surface area (TPSA) is 58.6 Å². The highest BCUT2D eigenvalue weighted by molar-refractivity contribution is 7.89. The van der Waals surface area contributed by atoms with Gasteiger partial charge < -0.3 is 10.1 Å². The van der Waals surface area contributed by atoms with Crippen LogP contribution in [0.3, 0.4) is 0 Å². The smallest absolute Gasteiger partial charge is 0.216 e. The van der Waals surface area contributed by atoms with Gasteiger partial charge >= 0.3 is 0 Å². The van der Waals surface area contributed by atoms with Crippen LogP contribution in [0, 0.1) is 0 Å². The largest absolute Gasteiger partial charge is 0.384 e. The quantitative estimate of drug-likeness (QED) is 0.723. The van der Waals surface area contributed by atoms with E-state index >= 15 is 0 Å². The summed E-state index contributed by atoms with van der Waals surface area (Å²) in [5.74, 6) is 0.0772. The van der Waals surface area contributed by atoms with Gasteiger partial charge in [0.1, 0.15) is 0 Å². The number of sulfonamides is 1. The molecule has 1 atom stereocenters. The maximum Gasteiger partial charge on any atom is 0.216 e. The van der Waals surface area contributed by atoms with E-state index in [0.29, 0.717) is 6.54 Å². The normalized spacial score (nSPS) is 22.6. The summed E-state index contributed by atoms with van der Waals surface area (Å²) in [7, 11) is -1.64. The molecule has 0 aromatic heterocycles. The third kappa shape index (κ3) is 3.69. The molecule has 1 saturated heterocycles. The Labute approximate surface area is 98.2 Å². The first-order chi connectivity index (χ1) is 7.61. The van der Waals surface area contributed by atoms with Crippen LogP contribution >= 0.6 is 0 Å². The van der Waals surface area contributed by atoms with Crippen LogP contribution in [-0.2, 0) is 14.8 Å². The van der Waals surface area contributed by atoms with Crippen molar-refractivity contribution in [1.29, 1.82) is 0 Å². The predicted molar refractivity (Wildman–Crippen MR) is 63.9 cm³/mol. The van der Waals surface area contributed by atoms with E-state index < -0.39 is 10.0 Å². The lowest BCUT2D eigenvalue weighted by Crippen LogP contribution is -2.49. The minimum absolute atomic E-state index is 0.0772. The molecule has 1 unspecified atom stereocenters. The molecule has 1 rings (SSSR count). The molecule has 5 nitrogen and oxygen atoms in total. The van der Waals surface area contributed by atoms with Gasteiger partial charge in [-0.15, -0.1) is 0 Å². The summed E-state index contributed by atoms with van der Waals surface area (Å²) < 4.78 is 30.5. The molecular formula is C10H22N2O3S. The zero-order chi connectivity index (χ0) is 12.0. The SMILES string of the molecule is CCN(C1CCCNC1)S(=O)(=O)CCOC. The van der Waals surface area contributed by atoms with Crippen LogP contribution in [0.25, 0.3) is 0 Å². The molecule has 1 heterocycles. The third-order valence-electron chi connectivity index (χ3n) is 2.89. The summed E-state index contributed by atoms with van der Waals surface area (Å²) in [5.41, 5.74) is 0. The molecule has 96 valence electrons. The highest BCUT2D eigenvalue weighted by Gasteiger charge is 2.29. The van der Waals surface area contributed by atoms with Gasteiger partial charge in [-0.25, -0.2) is 8.42 Å². The van der Waals surface area contributed by atoms with Gasteiger partial charge in [-0.05, 0) is 19.4 Å². The van der Waals surface area contributed by atoms with Crippen molar-refractivity contribution in [1.82, 2.24) is 9.62 Å². The van der Waals surface area contributed by atoms with Gasteiger partial charge in [0.15, 0.2) is 0 Å². The van der Waals surface area contributed by atoms with Gasteiger partial charge in [0, 0.05) is 26.2 Å². The second kappa shape index (κ2) is 6.54. The van der Waals surface area contributed by atoms with Crippen molar-refractivity contribution in [3.8, 4) is 0 Å². The van der Waals surface area contributed by atoms with E-state index in [4.69, 9.17) is 4.74 Å². The van der Waals surface area contributed by atoms with E-state index in [0.717, 1.165) is 25.9 Å². The standard InChI is InChI=1S/C10H22N2O3S/c1-3-12(10-5-4-6-11-9-10)16(13,14)8-7-15-2/h10-11H,3-9H2,1-2H3. The summed E-state index contributed by atoms with van der Waals surface area (Å²) in [6, 6.07) is 0.112. The van der Waals surface area contributed by atoms with Crippen LogP contribution in [0.5, 0.6) is 0 Å². The van der Waals surface area contributed by atoms with E-state index in [1.807, 2.05) is 6.92 Å². The molecular weight excluding hydrogens is 228 g/mol. The molecule has 6 heteroatoms. The van der Waals surface area contributed by atoms with Crippen molar-refractivity contribution < 1.29 is 13.2 Å². The van der Waals surface area contributed by atoms with Crippen molar-refractivity contribution >= 4 is 10.0 Å². The Hall–Kier alpha value is -0.170. The molecule has 0 bridgehead atoms. The maximum absolute atomic E-state index is 12.0. The van der Waals surface area contributed by atoms with Crippen LogP contribution in [0.2, 0.25) is 0 Å². The van der Waals surface area contributed by atoms with E-state index in [1.54, 1.807) is 4.31 Å². The average Bonchev–Trinajstić information content (AvgIpc) is 2.28. The number of ether oxygens (including phenoxy) is 1. The molecule has 16 heavy (non-hydrogen) atoms. The minimum atomic E-state index is -3.17. The lowest BCUT2D eigenvalue weighted by Gasteiger charge is -2.32. The molecule has 0 radical (unpaired) electrons. The third-order valence-corrected chi connectivity index (χ3v) is 4.85. The van der Waals surface area contributed by atoms with Crippen LogP contribution in [0.1, 0.15) is 19.8 Å². The summed E-state index contributed by atoms with van der Waals surface area (Å²) >= 11 is 0. The molecule has 0 amide bonds. The number of hydrogen-bond donors (Lipinski definition) is 1. The number of nitrogens with one attached hydrogen (secondary N) is 1. The highest BCUT2D eigenvalue weighted by atomic mass is 32.2. The number of rotatable bonds is 6. The molecule has 1 fully saturated rings. The molecule has 1 aliphatic rings. The lowest BCUT2D eigenvalue weighted by atomic mass is 10.1. The fourth-order valence-electron chi connectivity index (χ4n) is 2.07. The van der Waals surface area contributed by atoms with Crippen molar-refractivity contribution in [2.75, 3.05) is 39.1 Å². The van der Waals surface area contributed by atoms with E-state index in [2.05, 4.69) is 5.32 Å². The number of hydrogen-bond acceptors (Lipinski definition) is 4. The van der Waals surface area contributed by atoms with Gasteiger partial charge in [0.2, 0.25) is 10.0 Å². The van der Waals surface area contributed by atoms with Gasteiger partial charge in [-0.3, -0.25) is 0 Å². The Balaban J connectivity index is 2.64. The second-order valence-corrected chi connectivity index (χ2v) is 6.05. The van der Waals surface area contributed by atoms with E-state index in [9.17, 15) is 8.42 Å². The van der Waals surface area contributed by atoms with Gasteiger partial charge in [-0.2, -0.15) is 4.31 Å². The summed E-state index contributed by atoms with van der Waals surface area (Å²) in [6.07, 6.45) is 1.99. The van der Waals surface area contributed by atoms with Crippen molar-refractivity contribution in [2.24, 2.45) is 0 Å². The Morgan fingerprint density at radius 1 is 1.50 bits per heavy atom. The summed E-state index contributed by atoms with van der Waals surface area (Å²) in [4.78, 5) is 0. The van der Waals surface area contributed by atoms with Crippen LogP contribution in [0.15, 0.2) is 0 Å². The number of piperidine rings is 1. The Morgan fingerprint density at radius 3 is 2.75 bits per heavy atom. The number of likely N-dealkylation sites (N-methyl/N-ethyl adjacent to an activating group) is 1. The van der Waals surface area contributed by atoms with Crippen molar-refractivity contribution in [2.45, 2.75) is 25.8 Å². The minimum Gasteiger partial charge on any atom is -0.384 e. The highest BCUT2D eigenvalue weighted by Crippen LogP contribution is 2.14. The van der Waals surface area contributed by atoms with Gasteiger partial charge in [-0.1, -0.05) is 6.92 Å². The van der Waals surface area contributed by atoms with Crippen LogP contribution < -0.4 is 5.32 Å². The average molecular weight is 250 g/mol. The molecule has 0 saturated carbocycles. The molecule has 0 aromatic rings. The first-order valence-electron chi connectivity index (χ1n) is 5.81. The molecule has 0 spiro atoms. The van der Waals surface area contributed by atoms with Crippen molar-refractivity contribution in [3.05, 3.63) is 0 Å². The predicted octanol–water partition coefficient (Wildman–Crippen LogP) is 0.0365. The Morgan fingerprint density at radius 2 is 2.25 bits per heavy atom. The molecule has 1 aliphatic heterocycles. The monoisotopic (exact) mass is 250 g/mol. The fourth-order valence-corrected chi connectivity index (χ4v) is 3.71. The van der Waals surface area contributed by atoms with E-state index in [-0.39, 0.29) is 18.4 Å². The van der Waals surface area contributed by atoms with Gasteiger partial charge in [0.05, 0.1) is 12.4 Å². The fraction of sp³-hybridized carbons (Fsp3) is 1.00. The molecule has 0 aromatic carbocycles. The zero-order valence-electron chi connectivity index (χ0n) is 10.1. The lowest BCUT2D eigenvalue weighted by molar-refractivity contribution is 0.212. The zero-order valence-corrected chi connectivity index (χ0v) is 10.9. The summed E-state index contributed by atoms with van der Waals surface area (Å²) in [6.45, 7) is 4.45. The Bertz CT molecular complexity index is 286. The molecule has 1 N–H and O–H groups in total. The van der Waals surface area contributed by atoms with Crippen molar-refractivity contribution in [3.63, 3.8) is 0 Å². The van der Waals surface area contributed by atoms with E-state index in [1.165, 1.54) is 7.11 Å². The second-order valence-electron chi connectivity index (χ2n) is 4.01. The van der Waals surface area contributed by atoms with Crippen LogP contribution in [-0.4, -0.2) is 57.9 Å². The number of methoxy groups -OCH3 is 1.